The Morgan fingerprint density at radius 2 is 2.36 bits per heavy atom. The maximum atomic E-state index is 3.13. The molecule has 0 bridgehead atoms. The van der Waals surface area contributed by atoms with Gasteiger partial charge in [0.1, 0.15) is 0 Å². The molecule has 0 N–H and O–H groups in total. The molecule has 0 unspecified atom stereocenters. The van der Waals surface area contributed by atoms with Crippen LogP contribution in [0.2, 0.25) is 0 Å². The minimum Gasteiger partial charge on any atom is -0.0892 e. The predicted molar refractivity (Wildman–Crippen MR) is 54.0 cm³/mol. The van der Waals surface area contributed by atoms with E-state index in [2.05, 4.69) is 32.0 Å². The van der Waals surface area contributed by atoms with Gasteiger partial charge >= 0.3 is 0 Å². The summed E-state index contributed by atoms with van der Waals surface area (Å²) >= 11 is 0. The molecule has 0 spiro atoms. The topological polar surface area (TPSA) is 0 Å². The highest BCUT2D eigenvalue weighted by Gasteiger charge is 1.92. The highest BCUT2D eigenvalue weighted by molar-refractivity contribution is 8.76. The third-order valence-corrected chi connectivity index (χ3v) is 3.63. The first-order valence-corrected chi connectivity index (χ1v) is 5.92. The molecule has 0 aliphatic rings. The van der Waals surface area contributed by atoms with Crippen molar-refractivity contribution in [3.63, 3.8) is 0 Å². The number of benzene rings is 1. The van der Waals surface area contributed by atoms with Crippen LogP contribution in [-0.2, 0) is 0 Å². The summed E-state index contributed by atoms with van der Waals surface area (Å²) in [6.45, 7) is 4.24. The average Bonchev–Trinajstić information content (AvgIpc) is 2.01. The lowest BCUT2D eigenvalue weighted by atomic mass is 10.2. The molecule has 1 rings (SSSR count). The van der Waals surface area contributed by atoms with Crippen molar-refractivity contribution in [2.24, 2.45) is 0 Å². The first-order valence-electron chi connectivity index (χ1n) is 3.60. The lowest BCUT2D eigenvalue weighted by Crippen LogP contribution is -1.72. The zero-order valence-corrected chi connectivity index (χ0v) is 8.39. The third kappa shape index (κ3) is 3.21. The standard InChI is InChI=1S/C9H11S2/c1-3-10-11-9-6-4-5-8(2)7-9/h4,6-7H,3H2,1-2H3. The molecule has 59 valence electrons. The lowest BCUT2D eigenvalue weighted by Gasteiger charge is -1.98. The molecular formula is C9H11S2. The summed E-state index contributed by atoms with van der Waals surface area (Å²) in [5.74, 6) is 1.16. The maximum Gasteiger partial charge on any atom is 0.0185 e. The Morgan fingerprint density at radius 1 is 1.55 bits per heavy atom. The quantitative estimate of drug-likeness (QED) is 0.657. The van der Waals surface area contributed by atoms with Crippen molar-refractivity contribution in [3.8, 4) is 0 Å². The predicted octanol–water partition coefficient (Wildman–Crippen LogP) is 3.56. The van der Waals surface area contributed by atoms with E-state index < -0.39 is 0 Å². The highest BCUT2D eigenvalue weighted by Crippen LogP contribution is 2.30. The Kier molecular flexibility index (Phi) is 3.87. The van der Waals surface area contributed by atoms with Crippen LogP contribution in [0.3, 0.4) is 0 Å². The van der Waals surface area contributed by atoms with Crippen molar-refractivity contribution in [2.45, 2.75) is 18.7 Å². The van der Waals surface area contributed by atoms with Crippen molar-refractivity contribution in [1.82, 2.24) is 0 Å². The van der Waals surface area contributed by atoms with Crippen LogP contribution in [0.25, 0.3) is 0 Å². The normalized spacial score (nSPS) is 10.0. The molecule has 0 saturated heterocycles. The van der Waals surface area contributed by atoms with Crippen LogP contribution < -0.4 is 0 Å². The molecule has 0 aromatic heterocycles. The molecule has 0 fully saturated rings. The van der Waals surface area contributed by atoms with Gasteiger partial charge in [-0.05, 0) is 30.7 Å². The number of hydrogen-bond acceptors (Lipinski definition) is 2. The van der Waals surface area contributed by atoms with Crippen LogP contribution in [0, 0.1) is 13.0 Å². The van der Waals surface area contributed by atoms with Crippen LogP contribution in [0.15, 0.2) is 23.1 Å². The van der Waals surface area contributed by atoms with Gasteiger partial charge in [0.25, 0.3) is 0 Å². The maximum absolute atomic E-state index is 3.13. The molecule has 0 heterocycles. The summed E-state index contributed by atoms with van der Waals surface area (Å²) in [5, 5.41) is 0. The molecule has 2 heteroatoms. The minimum atomic E-state index is 1.16. The summed E-state index contributed by atoms with van der Waals surface area (Å²) in [4.78, 5) is 1.33. The van der Waals surface area contributed by atoms with Crippen molar-refractivity contribution in [3.05, 3.63) is 29.8 Å². The average molecular weight is 183 g/mol. The van der Waals surface area contributed by atoms with Crippen LogP contribution in [0.1, 0.15) is 12.5 Å². The van der Waals surface area contributed by atoms with Gasteiger partial charge in [-0.3, -0.25) is 0 Å². The Balaban J connectivity index is 2.56. The first-order chi connectivity index (χ1) is 5.33. The van der Waals surface area contributed by atoms with Crippen molar-refractivity contribution in [1.29, 1.82) is 0 Å². The minimum absolute atomic E-state index is 1.16. The van der Waals surface area contributed by atoms with Gasteiger partial charge in [-0.25, -0.2) is 0 Å². The SMILES string of the molecule is CCSSc1cc[c]c(C)c1. The molecular weight excluding hydrogens is 172 g/mol. The van der Waals surface area contributed by atoms with E-state index in [1.165, 1.54) is 10.5 Å². The van der Waals surface area contributed by atoms with E-state index in [4.69, 9.17) is 0 Å². The van der Waals surface area contributed by atoms with Crippen LogP contribution in [0.4, 0.5) is 0 Å². The van der Waals surface area contributed by atoms with E-state index in [9.17, 15) is 0 Å². The fourth-order valence-corrected chi connectivity index (χ4v) is 2.41. The number of hydrogen-bond donors (Lipinski definition) is 0. The lowest BCUT2D eigenvalue weighted by molar-refractivity contribution is 1.36. The van der Waals surface area contributed by atoms with E-state index in [0.29, 0.717) is 0 Å². The van der Waals surface area contributed by atoms with E-state index >= 15 is 0 Å². The van der Waals surface area contributed by atoms with E-state index in [-0.39, 0.29) is 0 Å². The molecule has 1 aromatic rings. The summed E-state index contributed by atoms with van der Waals surface area (Å²) in [7, 11) is 3.70. The van der Waals surface area contributed by atoms with E-state index in [1.807, 2.05) is 27.7 Å². The zero-order valence-electron chi connectivity index (χ0n) is 6.76. The second-order valence-electron chi connectivity index (χ2n) is 2.20. The second kappa shape index (κ2) is 4.73. The third-order valence-electron chi connectivity index (χ3n) is 1.19. The fraction of sp³-hybridized carbons (Fsp3) is 0.333. The summed E-state index contributed by atoms with van der Waals surface area (Å²) in [5.41, 5.74) is 1.21. The molecule has 0 atom stereocenters. The molecule has 0 aliphatic heterocycles. The molecule has 0 nitrogen and oxygen atoms in total. The van der Waals surface area contributed by atoms with Crippen LogP contribution >= 0.6 is 21.6 Å². The van der Waals surface area contributed by atoms with Crippen LogP contribution in [0.5, 0.6) is 0 Å². The summed E-state index contributed by atoms with van der Waals surface area (Å²) in [6, 6.07) is 9.36. The Morgan fingerprint density at radius 3 is 3.00 bits per heavy atom. The van der Waals surface area contributed by atoms with Crippen molar-refractivity contribution < 1.29 is 0 Å². The zero-order chi connectivity index (χ0) is 8.10. The first kappa shape index (κ1) is 9.01. The van der Waals surface area contributed by atoms with Gasteiger partial charge in [0.15, 0.2) is 0 Å². The Hall–Kier alpha value is -0.0800. The van der Waals surface area contributed by atoms with Gasteiger partial charge in [0.2, 0.25) is 0 Å². The monoisotopic (exact) mass is 183 g/mol. The number of aryl methyl sites for hydroxylation is 1. The Labute approximate surface area is 76.2 Å². The smallest absolute Gasteiger partial charge is 0.0185 e. The van der Waals surface area contributed by atoms with Crippen LogP contribution in [-0.4, -0.2) is 5.75 Å². The Bertz CT molecular complexity index is 221. The van der Waals surface area contributed by atoms with Gasteiger partial charge in [-0.2, -0.15) is 0 Å². The molecule has 11 heavy (non-hydrogen) atoms. The molecule has 0 saturated carbocycles. The summed E-state index contributed by atoms with van der Waals surface area (Å²) < 4.78 is 0. The van der Waals surface area contributed by atoms with Gasteiger partial charge in [-0.15, -0.1) is 0 Å². The van der Waals surface area contributed by atoms with Gasteiger partial charge < -0.3 is 0 Å². The van der Waals surface area contributed by atoms with Crippen molar-refractivity contribution in [2.75, 3.05) is 5.75 Å². The van der Waals surface area contributed by atoms with Crippen molar-refractivity contribution >= 4 is 21.6 Å². The molecule has 0 aliphatic carbocycles. The largest absolute Gasteiger partial charge is 0.0892 e. The summed E-state index contributed by atoms with van der Waals surface area (Å²) in [6.07, 6.45) is 0. The van der Waals surface area contributed by atoms with Gasteiger partial charge in [0, 0.05) is 10.6 Å². The van der Waals surface area contributed by atoms with Gasteiger partial charge in [-0.1, -0.05) is 34.6 Å². The fourth-order valence-electron chi connectivity index (χ4n) is 0.737. The number of rotatable bonds is 3. The van der Waals surface area contributed by atoms with E-state index in [0.717, 1.165) is 5.75 Å². The molecule has 1 radical (unpaired) electrons. The second-order valence-corrected chi connectivity index (χ2v) is 4.86. The van der Waals surface area contributed by atoms with Gasteiger partial charge in [0.05, 0.1) is 0 Å². The molecule has 0 amide bonds. The molecule has 1 aromatic carbocycles. The van der Waals surface area contributed by atoms with E-state index in [1.54, 1.807) is 0 Å². The highest BCUT2D eigenvalue weighted by atomic mass is 33.1.